The summed E-state index contributed by atoms with van der Waals surface area (Å²) in [5.41, 5.74) is -0.0377. The highest BCUT2D eigenvalue weighted by atomic mass is 32.2. The molecule has 0 fully saturated rings. The van der Waals surface area contributed by atoms with Gasteiger partial charge in [-0.15, -0.1) is 13.2 Å². The van der Waals surface area contributed by atoms with Gasteiger partial charge in [0.15, 0.2) is 5.75 Å². The zero-order chi connectivity index (χ0) is 12.6. The van der Waals surface area contributed by atoms with E-state index < -0.39 is 27.1 Å². The molecule has 0 unspecified atom stereocenters. The van der Waals surface area contributed by atoms with Gasteiger partial charge in [0, 0.05) is 0 Å². The Morgan fingerprint density at radius 1 is 1.31 bits per heavy atom. The molecule has 16 heavy (non-hydrogen) atoms. The highest BCUT2D eigenvalue weighted by Crippen LogP contribution is 2.31. The molecule has 0 heterocycles. The summed E-state index contributed by atoms with van der Waals surface area (Å²) in [6, 6.07) is 3.24. The first-order valence-electron chi connectivity index (χ1n) is 3.94. The van der Waals surface area contributed by atoms with Gasteiger partial charge in [-0.3, -0.25) is 4.55 Å². The number of ether oxygens (including phenoxy) is 1. The molecule has 0 spiro atoms. The fourth-order valence-electron chi connectivity index (χ4n) is 1.16. The SMILES string of the molecule is Cc1cccc(OC(F)(F)F)c1S(=O)(=O)O. The Balaban J connectivity index is 3.36. The molecule has 0 saturated carbocycles. The summed E-state index contributed by atoms with van der Waals surface area (Å²) < 4.78 is 69.8. The van der Waals surface area contributed by atoms with Crippen LogP contribution in [-0.4, -0.2) is 19.3 Å². The highest BCUT2D eigenvalue weighted by molar-refractivity contribution is 7.86. The van der Waals surface area contributed by atoms with E-state index in [1.807, 2.05) is 0 Å². The first-order valence-corrected chi connectivity index (χ1v) is 5.38. The molecule has 0 aliphatic heterocycles. The maximum atomic E-state index is 11.9. The Morgan fingerprint density at radius 2 is 1.88 bits per heavy atom. The first kappa shape index (κ1) is 12.8. The molecule has 1 aromatic rings. The fourth-order valence-corrected chi connectivity index (χ4v) is 2.00. The summed E-state index contributed by atoms with van der Waals surface area (Å²) in [7, 11) is -4.76. The molecule has 0 aliphatic rings. The first-order chi connectivity index (χ1) is 7.11. The van der Waals surface area contributed by atoms with Crippen LogP contribution in [-0.2, 0) is 10.1 Å². The Morgan fingerprint density at radius 3 is 2.31 bits per heavy atom. The maximum absolute atomic E-state index is 11.9. The van der Waals surface area contributed by atoms with Crippen LogP contribution in [0.4, 0.5) is 13.2 Å². The van der Waals surface area contributed by atoms with Gasteiger partial charge in [0.25, 0.3) is 10.1 Å². The van der Waals surface area contributed by atoms with Crippen molar-refractivity contribution in [3.8, 4) is 5.75 Å². The molecule has 1 aromatic carbocycles. The van der Waals surface area contributed by atoms with E-state index in [-0.39, 0.29) is 5.56 Å². The zero-order valence-corrected chi connectivity index (χ0v) is 8.76. The van der Waals surface area contributed by atoms with E-state index in [0.29, 0.717) is 0 Å². The lowest BCUT2D eigenvalue weighted by molar-refractivity contribution is -0.275. The number of alkyl halides is 3. The molecule has 90 valence electrons. The number of halogens is 3. The quantitative estimate of drug-likeness (QED) is 0.823. The molecule has 8 heteroatoms. The second-order valence-electron chi connectivity index (χ2n) is 2.93. The van der Waals surface area contributed by atoms with Crippen LogP contribution in [0.25, 0.3) is 0 Å². The fraction of sp³-hybridized carbons (Fsp3) is 0.250. The molecule has 0 aromatic heterocycles. The van der Waals surface area contributed by atoms with Crippen molar-refractivity contribution in [3.05, 3.63) is 23.8 Å². The smallest absolute Gasteiger partial charge is 0.404 e. The molecule has 0 atom stereocenters. The summed E-state index contributed by atoms with van der Waals surface area (Å²) in [6.07, 6.45) is -5.02. The van der Waals surface area contributed by atoms with Crippen molar-refractivity contribution >= 4 is 10.1 Å². The minimum Gasteiger partial charge on any atom is -0.404 e. The predicted octanol–water partition coefficient (Wildman–Crippen LogP) is 2.14. The Hall–Kier alpha value is -1.28. The van der Waals surface area contributed by atoms with E-state index in [1.54, 1.807) is 0 Å². The summed E-state index contributed by atoms with van der Waals surface area (Å²) in [5, 5.41) is 0. The van der Waals surface area contributed by atoms with Gasteiger partial charge in [-0.1, -0.05) is 12.1 Å². The van der Waals surface area contributed by atoms with Crippen molar-refractivity contribution in [1.29, 1.82) is 0 Å². The van der Waals surface area contributed by atoms with Crippen molar-refractivity contribution in [2.24, 2.45) is 0 Å². The summed E-state index contributed by atoms with van der Waals surface area (Å²) in [4.78, 5) is -0.882. The monoisotopic (exact) mass is 256 g/mol. The van der Waals surface area contributed by atoms with E-state index in [4.69, 9.17) is 4.55 Å². The van der Waals surface area contributed by atoms with Crippen molar-refractivity contribution < 1.29 is 30.9 Å². The van der Waals surface area contributed by atoms with E-state index in [1.165, 1.54) is 19.1 Å². The zero-order valence-electron chi connectivity index (χ0n) is 7.95. The van der Waals surface area contributed by atoms with Gasteiger partial charge in [0.2, 0.25) is 0 Å². The average Bonchev–Trinajstić information content (AvgIpc) is 1.97. The molecule has 0 amide bonds. The second-order valence-corrected chi connectivity index (χ2v) is 4.28. The van der Waals surface area contributed by atoms with Gasteiger partial charge >= 0.3 is 6.36 Å². The lowest BCUT2D eigenvalue weighted by atomic mass is 10.2. The lowest BCUT2D eigenvalue weighted by Crippen LogP contribution is -2.19. The van der Waals surface area contributed by atoms with Crippen LogP contribution < -0.4 is 4.74 Å². The minimum atomic E-state index is -5.02. The third-order valence-electron chi connectivity index (χ3n) is 1.66. The van der Waals surface area contributed by atoms with Gasteiger partial charge in [-0.2, -0.15) is 8.42 Å². The number of rotatable bonds is 2. The van der Waals surface area contributed by atoms with Crippen LogP contribution >= 0.6 is 0 Å². The normalized spacial score (nSPS) is 12.6. The molecule has 0 saturated heterocycles. The number of hydrogen-bond donors (Lipinski definition) is 1. The van der Waals surface area contributed by atoms with Gasteiger partial charge < -0.3 is 4.74 Å². The molecule has 1 N–H and O–H groups in total. The van der Waals surface area contributed by atoms with Crippen LogP contribution in [0.3, 0.4) is 0 Å². The van der Waals surface area contributed by atoms with Crippen LogP contribution in [0.1, 0.15) is 5.56 Å². The summed E-state index contributed by atoms with van der Waals surface area (Å²) >= 11 is 0. The molecule has 0 radical (unpaired) electrons. The third kappa shape index (κ3) is 3.11. The van der Waals surface area contributed by atoms with Crippen LogP contribution in [0.5, 0.6) is 5.75 Å². The van der Waals surface area contributed by atoms with Crippen molar-refractivity contribution in [1.82, 2.24) is 0 Å². The average molecular weight is 256 g/mol. The molecular weight excluding hydrogens is 249 g/mol. The van der Waals surface area contributed by atoms with Crippen molar-refractivity contribution in [2.75, 3.05) is 0 Å². The van der Waals surface area contributed by atoms with Crippen molar-refractivity contribution in [2.45, 2.75) is 18.2 Å². The van der Waals surface area contributed by atoms with Gasteiger partial charge in [0.1, 0.15) is 4.90 Å². The number of hydrogen-bond acceptors (Lipinski definition) is 3. The Bertz CT molecular complexity index is 492. The topological polar surface area (TPSA) is 63.6 Å². The molecule has 0 bridgehead atoms. The van der Waals surface area contributed by atoms with Gasteiger partial charge in [0.05, 0.1) is 0 Å². The van der Waals surface area contributed by atoms with Crippen LogP contribution in [0.2, 0.25) is 0 Å². The Labute approximate surface area is 89.4 Å². The van der Waals surface area contributed by atoms with Gasteiger partial charge in [-0.05, 0) is 18.6 Å². The van der Waals surface area contributed by atoms with E-state index >= 15 is 0 Å². The van der Waals surface area contributed by atoms with Crippen LogP contribution in [0.15, 0.2) is 23.1 Å². The van der Waals surface area contributed by atoms with E-state index in [2.05, 4.69) is 4.74 Å². The second kappa shape index (κ2) is 3.95. The minimum absolute atomic E-state index is 0.0377. The number of benzene rings is 1. The van der Waals surface area contributed by atoms with E-state index in [0.717, 1.165) is 6.07 Å². The maximum Gasteiger partial charge on any atom is 0.573 e. The van der Waals surface area contributed by atoms with Gasteiger partial charge in [-0.25, -0.2) is 0 Å². The van der Waals surface area contributed by atoms with E-state index in [9.17, 15) is 21.6 Å². The molecular formula is C8H7F3O4S. The lowest BCUT2D eigenvalue weighted by Gasteiger charge is -2.12. The third-order valence-corrected chi connectivity index (χ3v) is 2.70. The summed E-state index contributed by atoms with van der Waals surface area (Å²) in [5.74, 6) is -0.949. The molecule has 0 aliphatic carbocycles. The van der Waals surface area contributed by atoms with Crippen molar-refractivity contribution in [3.63, 3.8) is 0 Å². The molecule has 1 rings (SSSR count). The standard InChI is InChI=1S/C8H7F3O4S/c1-5-3-2-4-6(15-8(9,10)11)7(5)16(12,13)14/h2-4H,1H3,(H,12,13,14). The Kier molecular flexibility index (Phi) is 3.15. The number of aryl methyl sites for hydroxylation is 1. The predicted molar refractivity (Wildman–Crippen MR) is 47.7 cm³/mol. The largest absolute Gasteiger partial charge is 0.573 e. The van der Waals surface area contributed by atoms with Crippen LogP contribution in [0, 0.1) is 6.92 Å². The summed E-state index contributed by atoms with van der Waals surface area (Å²) in [6.45, 7) is 1.24. The molecule has 4 nitrogen and oxygen atoms in total. The highest BCUT2D eigenvalue weighted by Gasteiger charge is 2.34.